The minimum Gasteiger partial charge on any atom is -0.370 e. The van der Waals surface area contributed by atoms with Gasteiger partial charge >= 0.3 is 13.6 Å². The van der Waals surface area contributed by atoms with Crippen LogP contribution in [0.5, 0.6) is 0 Å². The van der Waals surface area contributed by atoms with Gasteiger partial charge in [-0.3, -0.25) is 42.9 Å². The molecule has 5 heterocycles. The Kier molecular flexibility index (Phi) is 19.4. The third-order valence-corrected chi connectivity index (χ3v) is 16.0. The molecule has 25 nitrogen and oxygen atoms in total. The Balaban J connectivity index is 0.902. The third kappa shape index (κ3) is 14.6. The van der Waals surface area contributed by atoms with Gasteiger partial charge in [0.15, 0.2) is 6.29 Å². The number of carbonyl (C=O) groups is 8. The van der Waals surface area contributed by atoms with Crippen LogP contribution in [0.2, 0.25) is 0 Å². The van der Waals surface area contributed by atoms with E-state index in [1.54, 1.807) is 25.1 Å². The number of aromatic amines is 1. The molecule has 0 aliphatic carbocycles. The number of aromatic nitrogens is 3. The first-order valence-corrected chi connectivity index (χ1v) is 29.6. The largest absolute Gasteiger partial charge is 0.396 e. The maximum Gasteiger partial charge on any atom is 0.396 e. The van der Waals surface area contributed by atoms with Gasteiger partial charge in [-0.15, -0.1) is 0 Å². The molecule has 4 aromatic carbocycles. The van der Waals surface area contributed by atoms with Crippen molar-refractivity contribution in [3.63, 3.8) is 0 Å². The monoisotopic (exact) mass is 1200 g/mol. The Hall–Kier alpha value is -9.26. The number of urea groups is 1. The molecule has 3 aromatic heterocycles. The van der Waals surface area contributed by atoms with Gasteiger partial charge in [0.05, 0.1) is 24.8 Å². The molecule has 5 atom stereocenters. The molecule has 2 fully saturated rings. The maximum absolute atomic E-state index is 15.1. The summed E-state index contributed by atoms with van der Waals surface area (Å²) in [6, 6.07) is 27.5. The molecule has 0 radical (unpaired) electrons. The van der Waals surface area contributed by atoms with Crippen molar-refractivity contribution in [2.24, 2.45) is 5.73 Å². The van der Waals surface area contributed by atoms with E-state index in [1.807, 2.05) is 77.5 Å². The number of nitrogens with one attached hydrogen (secondary N) is 6. The maximum atomic E-state index is 15.1. The van der Waals surface area contributed by atoms with Crippen LogP contribution in [-0.4, -0.2) is 143 Å². The molecule has 0 spiro atoms. The Labute approximate surface area is 492 Å². The van der Waals surface area contributed by atoms with Crippen molar-refractivity contribution >= 4 is 82.1 Å². The predicted octanol–water partition coefficient (Wildman–Crippen LogP) is 3.83. The van der Waals surface area contributed by atoms with Crippen molar-refractivity contribution in [3.05, 3.63) is 172 Å². The molecule has 2 aliphatic heterocycles. The number of H-pyrrole nitrogens is 1. The molecule has 450 valence electrons. The summed E-state index contributed by atoms with van der Waals surface area (Å²) < 4.78 is 20.1. The molecule has 8 amide bonds. The number of ether oxygens (including phenoxy) is 1. The fourth-order valence-electron chi connectivity index (χ4n) is 11.0. The SMILES string of the molecule is CCOC(O)Cn1cc(NC(=O)c2cccc3c2ccn3CCCNC(=O)N2CC[C@H]3CC[C@@H](C(=O)N[C@@H](CCC(N)=O)C(=O)NC(c4ccccc4)c4ccccc4)N3C(=O)[C@@H](NC(=O)c3cc4cc(C(=O)P(=O)(O)O)ccc4[nH]3)C2)ccc1=O. The van der Waals surface area contributed by atoms with E-state index in [0.29, 0.717) is 41.5 Å². The van der Waals surface area contributed by atoms with Crippen molar-refractivity contribution in [2.45, 2.75) is 95.0 Å². The average Bonchev–Trinajstić information content (AvgIpc) is 2.12. The molecule has 2 saturated heterocycles. The molecule has 9 rings (SSSR count). The topological polar surface area (TPSA) is 359 Å². The zero-order valence-electron chi connectivity index (χ0n) is 46.8. The van der Waals surface area contributed by atoms with E-state index in [-0.39, 0.29) is 80.7 Å². The van der Waals surface area contributed by atoms with E-state index in [4.69, 9.17) is 10.5 Å². The molecule has 11 N–H and O–H groups in total. The van der Waals surface area contributed by atoms with Crippen LogP contribution in [-0.2, 0) is 41.6 Å². The van der Waals surface area contributed by atoms with Gasteiger partial charge in [0.25, 0.3) is 22.9 Å². The Morgan fingerprint density at radius 2 is 1.56 bits per heavy atom. The molecule has 26 heteroatoms. The second kappa shape index (κ2) is 27.2. The van der Waals surface area contributed by atoms with Crippen molar-refractivity contribution in [3.8, 4) is 0 Å². The highest BCUT2D eigenvalue weighted by atomic mass is 31.2. The molecule has 1 unspecified atom stereocenters. The van der Waals surface area contributed by atoms with E-state index < -0.39 is 91.1 Å². The van der Waals surface area contributed by atoms with Gasteiger partial charge in [-0.1, -0.05) is 66.7 Å². The number of aryl methyl sites for hydroxylation is 1. The summed E-state index contributed by atoms with van der Waals surface area (Å²) in [6.45, 7) is 2.11. The normalized spacial score (nSPS) is 16.8. The minimum atomic E-state index is -5.15. The first-order chi connectivity index (χ1) is 41.3. The second-order valence-corrected chi connectivity index (χ2v) is 22.5. The molecular weight excluding hydrogens is 1130 g/mol. The zero-order chi connectivity index (χ0) is 61.2. The van der Waals surface area contributed by atoms with Crippen LogP contribution in [0.15, 0.2) is 139 Å². The van der Waals surface area contributed by atoms with E-state index in [0.717, 1.165) is 16.6 Å². The number of pyridine rings is 1. The number of carbonyl (C=O) groups excluding carboxylic acids is 8. The predicted molar refractivity (Wildman–Crippen MR) is 315 cm³/mol. The van der Waals surface area contributed by atoms with Crippen molar-refractivity contribution in [1.82, 2.24) is 45.2 Å². The smallest absolute Gasteiger partial charge is 0.370 e. The lowest BCUT2D eigenvalue weighted by molar-refractivity contribution is -0.143. The van der Waals surface area contributed by atoms with Gasteiger partial charge in [-0.05, 0) is 98.7 Å². The Bertz CT molecular complexity index is 3750. The lowest BCUT2D eigenvalue weighted by Gasteiger charge is -2.39. The van der Waals surface area contributed by atoms with Gasteiger partial charge < -0.3 is 75.9 Å². The molecule has 0 saturated carbocycles. The average molecular weight is 1200 g/mol. The summed E-state index contributed by atoms with van der Waals surface area (Å²) in [6.07, 6.45) is 2.70. The number of fused-ring (bicyclic) bond motifs is 3. The van der Waals surface area contributed by atoms with Gasteiger partial charge in [0.1, 0.15) is 23.8 Å². The van der Waals surface area contributed by atoms with Crippen molar-refractivity contribution < 1.29 is 62.6 Å². The third-order valence-electron chi connectivity index (χ3n) is 15.2. The lowest BCUT2D eigenvalue weighted by atomic mass is 9.98. The van der Waals surface area contributed by atoms with Crippen LogP contribution < -0.4 is 37.9 Å². The number of aliphatic hydroxyl groups excluding tert-OH is 1. The highest BCUT2D eigenvalue weighted by Gasteiger charge is 2.46. The number of nitrogens with two attached hydrogens (primary N) is 1. The van der Waals surface area contributed by atoms with E-state index in [9.17, 15) is 57.8 Å². The number of benzene rings is 4. The van der Waals surface area contributed by atoms with Gasteiger partial charge in [-0.2, -0.15) is 0 Å². The number of rotatable bonds is 23. The standard InChI is InChI=1S/C60H66N11O14P/c1-2-85-52(74)35-70-33-40(18-24-51(70)73)63-54(75)43-15-9-16-48-42(43)26-30-68(48)28-10-27-62-60(81)69-29-25-41-19-22-49(57(78)65-45(21-23-50(61)72)55(76)67-53(36-11-5-3-6-12-36)37-13-7-4-8-14-37)71(41)58(79)47(34-69)66-56(77)46-32-39-31-38(17-20-44(39)64-46)59(80)86(82,83)84/h3-9,11-18,20,24,26,30-33,41,45,47,49,52-53,64,74H,2,10,19,21-23,25,27-29,34-35H2,1H3,(H2,61,72)(H,62,81)(H,63,75)(H,65,78)(H,66,77)(H,67,76)(H2,82,83,84)/t41-,45+,47+,49+,52?/m1/s1. The summed E-state index contributed by atoms with van der Waals surface area (Å²) in [7, 11) is -5.15. The Morgan fingerprint density at radius 1 is 0.826 bits per heavy atom. The van der Waals surface area contributed by atoms with Crippen LogP contribution in [0, 0.1) is 0 Å². The minimum absolute atomic E-state index is 0.0805. The molecular formula is C60H66N11O14P. The molecule has 7 aromatic rings. The highest BCUT2D eigenvalue weighted by molar-refractivity contribution is 7.70. The molecule has 0 bridgehead atoms. The summed E-state index contributed by atoms with van der Waals surface area (Å²) in [5, 5.41) is 25.3. The molecule has 2 aliphatic rings. The fraction of sp³-hybridized carbons (Fsp3) is 0.317. The number of aliphatic hydroxyl groups is 1. The summed E-state index contributed by atoms with van der Waals surface area (Å²) in [5.41, 5.74) is 6.59. The van der Waals surface area contributed by atoms with E-state index in [2.05, 4.69) is 31.6 Å². The van der Waals surface area contributed by atoms with Gasteiger partial charge in [0, 0.05) is 90.1 Å². The van der Waals surface area contributed by atoms with Crippen LogP contribution in [0.4, 0.5) is 10.5 Å². The summed E-state index contributed by atoms with van der Waals surface area (Å²) >= 11 is 0. The summed E-state index contributed by atoms with van der Waals surface area (Å²) in [5.74, 6) is -3.97. The van der Waals surface area contributed by atoms with Crippen molar-refractivity contribution in [2.75, 3.05) is 31.6 Å². The van der Waals surface area contributed by atoms with E-state index >= 15 is 4.79 Å². The highest BCUT2D eigenvalue weighted by Crippen LogP contribution is 2.39. The number of primary amides is 1. The van der Waals surface area contributed by atoms with Crippen LogP contribution in [0.25, 0.3) is 21.8 Å². The van der Waals surface area contributed by atoms with Crippen molar-refractivity contribution in [1.29, 1.82) is 0 Å². The zero-order valence-corrected chi connectivity index (χ0v) is 47.7. The first-order valence-electron chi connectivity index (χ1n) is 28.0. The molecule has 86 heavy (non-hydrogen) atoms. The van der Waals surface area contributed by atoms with Crippen LogP contribution >= 0.6 is 7.60 Å². The first kappa shape index (κ1) is 61.3. The number of anilines is 1. The lowest BCUT2D eigenvalue weighted by Crippen LogP contribution is -2.62. The Morgan fingerprint density at radius 3 is 2.26 bits per heavy atom. The van der Waals surface area contributed by atoms with Crippen LogP contribution in [0.1, 0.15) is 93.8 Å². The van der Waals surface area contributed by atoms with Gasteiger partial charge in [-0.25, -0.2) is 4.79 Å². The van der Waals surface area contributed by atoms with E-state index in [1.165, 1.54) is 57.0 Å². The van der Waals surface area contributed by atoms with Crippen LogP contribution in [0.3, 0.4) is 0 Å². The number of hydrogen-bond acceptors (Lipinski definition) is 12. The summed E-state index contributed by atoms with van der Waals surface area (Å²) in [4.78, 5) is 148. The second-order valence-electron chi connectivity index (χ2n) is 21.0. The number of hydrogen-bond donors (Lipinski definition) is 10. The number of amides is 8. The fourth-order valence-corrected chi connectivity index (χ4v) is 11.4. The quantitative estimate of drug-likeness (QED) is 0.0247. The van der Waals surface area contributed by atoms with Gasteiger partial charge in [0.2, 0.25) is 23.6 Å². The number of nitrogens with zero attached hydrogens (tertiary/aromatic N) is 4.